The fourth-order valence-corrected chi connectivity index (χ4v) is 1.78. The number of hydrogen-bond acceptors (Lipinski definition) is 2. The summed E-state index contributed by atoms with van der Waals surface area (Å²) < 4.78 is 5.17. The largest absolute Gasteiger partial charge is 0.497 e. The van der Waals surface area contributed by atoms with Crippen molar-refractivity contribution >= 4 is 5.91 Å². The molecule has 1 aromatic rings. The van der Waals surface area contributed by atoms with Crippen LogP contribution in [-0.4, -0.2) is 19.1 Å². The van der Waals surface area contributed by atoms with Gasteiger partial charge in [-0.15, -0.1) is 0 Å². The molecule has 0 saturated heterocycles. The molecule has 0 saturated carbocycles. The standard InChI is InChI=1S/C14H21NO2/c1-4-6-14(16)15-11(2)9-12-7-5-8-13(10-12)17-3/h5,7-8,10-11H,4,6,9H2,1-3H3,(H,15,16). The van der Waals surface area contributed by atoms with Crippen LogP contribution in [0.25, 0.3) is 0 Å². The van der Waals surface area contributed by atoms with Gasteiger partial charge in [0, 0.05) is 12.5 Å². The van der Waals surface area contributed by atoms with Crippen molar-refractivity contribution in [1.29, 1.82) is 0 Å². The van der Waals surface area contributed by atoms with Crippen molar-refractivity contribution in [3.8, 4) is 5.75 Å². The molecule has 94 valence electrons. The lowest BCUT2D eigenvalue weighted by Gasteiger charge is -2.14. The van der Waals surface area contributed by atoms with E-state index in [1.54, 1.807) is 7.11 Å². The van der Waals surface area contributed by atoms with Crippen molar-refractivity contribution in [2.75, 3.05) is 7.11 Å². The monoisotopic (exact) mass is 235 g/mol. The highest BCUT2D eigenvalue weighted by Gasteiger charge is 2.07. The van der Waals surface area contributed by atoms with Gasteiger partial charge in [0.1, 0.15) is 5.75 Å². The molecule has 0 aromatic heterocycles. The van der Waals surface area contributed by atoms with Crippen molar-refractivity contribution in [1.82, 2.24) is 5.32 Å². The van der Waals surface area contributed by atoms with E-state index >= 15 is 0 Å². The lowest BCUT2D eigenvalue weighted by atomic mass is 10.1. The van der Waals surface area contributed by atoms with E-state index in [1.807, 2.05) is 38.1 Å². The maximum atomic E-state index is 11.4. The second-order valence-electron chi connectivity index (χ2n) is 4.27. The fourth-order valence-electron chi connectivity index (χ4n) is 1.78. The Morgan fingerprint density at radius 3 is 2.88 bits per heavy atom. The number of carbonyl (C=O) groups is 1. The molecule has 1 amide bonds. The van der Waals surface area contributed by atoms with E-state index in [0.717, 1.165) is 18.6 Å². The quantitative estimate of drug-likeness (QED) is 0.823. The van der Waals surface area contributed by atoms with Gasteiger partial charge in [-0.1, -0.05) is 19.1 Å². The van der Waals surface area contributed by atoms with Crippen molar-refractivity contribution in [3.05, 3.63) is 29.8 Å². The van der Waals surface area contributed by atoms with Crippen LogP contribution in [0.2, 0.25) is 0 Å². The third-order valence-corrected chi connectivity index (χ3v) is 2.56. The smallest absolute Gasteiger partial charge is 0.220 e. The molecule has 1 unspecified atom stereocenters. The normalized spacial score (nSPS) is 11.9. The van der Waals surface area contributed by atoms with Crippen molar-refractivity contribution < 1.29 is 9.53 Å². The summed E-state index contributed by atoms with van der Waals surface area (Å²) in [6.07, 6.45) is 2.31. The Bertz CT molecular complexity index is 363. The van der Waals surface area contributed by atoms with Crippen molar-refractivity contribution in [2.45, 2.75) is 39.2 Å². The summed E-state index contributed by atoms with van der Waals surface area (Å²) in [4.78, 5) is 11.4. The van der Waals surface area contributed by atoms with E-state index < -0.39 is 0 Å². The average molecular weight is 235 g/mol. The molecule has 0 spiro atoms. The maximum Gasteiger partial charge on any atom is 0.220 e. The molecule has 0 aliphatic heterocycles. The van der Waals surface area contributed by atoms with Crippen LogP contribution >= 0.6 is 0 Å². The molecular formula is C14H21NO2. The van der Waals surface area contributed by atoms with Crippen LogP contribution in [0.15, 0.2) is 24.3 Å². The van der Waals surface area contributed by atoms with E-state index in [4.69, 9.17) is 4.74 Å². The summed E-state index contributed by atoms with van der Waals surface area (Å²) in [5.41, 5.74) is 1.17. The molecule has 0 aliphatic carbocycles. The Hall–Kier alpha value is -1.51. The predicted molar refractivity (Wildman–Crippen MR) is 69.2 cm³/mol. The van der Waals surface area contributed by atoms with Gasteiger partial charge in [0.05, 0.1) is 7.11 Å². The molecule has 0 bridgehead atoms. The highest BCUT2D eigenvalue weighted by Crippen LogP contribution is 2.13. The second kappa shape index (κ2) is 6.94. The van der Waals surface area contributed by atoms with Gasteiger partial charge in [0.2, 0.25) is 5.91 Å². The third kappa shape index (κ3) is 4.89. The summed E-state index contributed by atoms with van der Waals surface area (Å²) in [6.45, 7) is 4.03. The molecule has 1 N–H and O–H groups in total. The summed E-state index contributed by atoms with van der Waals surface area (Å²) in [7, 11) is 1.66. The molecular weight excluding hydrogens is 214 g/mol. The Morgan fingerprint density at radius 2 is 2.24 bits per heavy atom. The predicted octanol–water partition coefficient (Wildman–Crippen LogP) is 2.54. The number of ether oxygens (including phenoxy) is 1. The molecule has 3 heteroatoms. The average Bonchev–Trinajstić information content (AvgIpc) is 2.29. The van der Waals surface area contributed by atoms with Crippen LogP contribution < -0.4 is 10.1 Å². The van der Waals surface area contributed by atoms with E-state index in [1.165, 1.54) is 5.56 Å². The number of methoxy groups -OCH3 is 1. The molecule has 0 radical (unpaired) electrons. The topological polar surface area (TPSA) is 38.3 Å². The van der Waals surface area contributed by atoms with Gasteiger partial charge in [0.15, 0.2) is 0 Å². The summed E-state index contributed by atoms with van der Waals surface area (Å²) >= 11 is 0. The summed E-state index contributed by atoms with van der Waals surface area (Å²) in [5.74, 6) is 0.984. The summed E-state index contributed by atoms with van der Waals surface area (Å²) in [5, 5.41) is 2.99. The van der Waals surface area contributed by atoms with Crippen LogP contribution in [-0.2, 0) is 11.2 Å². The maximum absolute atomic E-state index is 11.4. The zero-order valence-corrected chi connectivity index (χ0v) is 10.8. The Morgan fingerprint density at radius 1 is 1.47 bits per heavy atom. The number of amides is 1. The first-order valence-corrected chi connectivity index (χ1v) is 6.08. The Balaban J connectivity index is 2.49. The molecule has 1 aromatic carbocycles. The third-order valence-electron chi connectivity index (χ3n) is 2.56. The number of benzene rings is 1. The number of hydrogen-bond donors (Lipinski definition) is 1. The van der Waals surface area contributed by atoms with E-state index in [9.17, 15) is 4.79 Å². The molecule has 1 atom stereocenters. The van der Waals surface area contributed by atoms with E-state index in [-0.39, 0.29) is 11.9 Å². The molecule has 0 aliphatic rings. The first kappa shape index (κ1) is 13.6. The number of carbonyl (C=O) groups excluding carboxylic acids is 1. The van der Waals surface area contributed by atoms with Gasteiger partial charge < -0.3 is 10.1 Å². The van der Waals surface area contributed by atoms with Crippen LogP contribution in [0.4, 0.5) is 0 Å². The van der Waals surface area contributed by atoms with Crippen LogP contribution in [0.5, 0.6) is 5.75 Å². The summed E-state index contributed by atoms with van der Waals surface area (Å²) in [6, 6.07) is 8.09. The van der Waals surface area contributed by atoms with Gasteiger partial charge >= 0.3 is 0 Å². The zero-order chi connectivity index (χ0) is 12.7. The Labute approximate surface area is 103 Å². The van der Waals surface area contributed by atoms with Gasteiger partial charge in [-0.2, -0.15) is 0 Å². The van der Waals surface area contributed by atoms with E-state index in [0.29, 0.717) is 6.42 Å². The minimum atomic E-state index is 0.128. The van der Waals surface area contributed by atoms with Crippen molar-refractivity contribution in [2.24, 2.45) is 0 Å². The highest BCUT2D eigenvalue weighted by atomic mass is 16.5. The SMILES string of the molecule is CCCC(=O)NC(C)Cc1cccc(OC)c1. The zero-order valence-electron chi connectivity index (χ0n) is 10.8. The molecule has 0 heterocycles. The first-order valence-electron chi connectivity index (χ1n) is 6.08. The van der Waals surface area contributed by atoms with Gasteiger partial charge in [-0.3, -0.25) is 4.79 Å². The van der Waals surface area contributed by atoms with Gasteiger partial charge in [0.25, 0.3) is 0 Å². The molecule has 1 rings (SSSR count). The van der Waals surface area contributed by atoms with Crippen LogP contribution in [0.3, 0.4) is 0 Å². The minimum Gasteiger partial charge on any atom is -0.497 e. The van der Waals surface area contributed by atoms with Crippen LogP contribution in [0.1, 0.15) is 32.3 Å². The van der Waals surface area contributed by atoms with Crippen LogP contribution in [0, 0.1) is 0 Å². The Kier molecular flexibility index (Phi) is 5.53. The lowest BCUT2D eigenvalue weighted by molar-refractivity contribution is -0.121. The lowest BCUT2D eigenvalue weighted by Crippen LogP contribution is -2.33. The molecule has 0 fully saturated rings. The van der Waals surface area contributed by atoms with Gasteiger partial charge in [-0.05, 0) is 37.5 Å². The minimum absolute atomic E-state index is 0.128. The fraction of sp³-hybridized carbons (Fsp3) is 0.500. The molecule has 17 heavy (non-hydrogen) atoms. The highest BCUT2D eigenvalue weighted by molar-refractivity contribution is 5.76. The second-order valence-corrected chi connectivity index (χ2v) is 4.27. The number of nitrogens with one attached hydrogen (secondary N) is 1. The van der Waals surface area contributed by atoms with E-state index in [2.05, 4.69) is 5.32 Å². The van der Waals surface area contributed by atoms with Gasteiger partial charge in [-0.25, -0.2) is 0 Å². The first-order chi connectivity index (χ1) is 8.15. The van der Waals surface area contributed by atoms with Crippen molar-refractivity contribution in [3.63, 3.8) is 0 Å². The molecule has 3 nitrogen and oxygen atoms in total. The number of rotatable bonds is 6.